The molecule has 4 heteroatoms. The van der Waals surface area contributed by atoms with Crippen LogP contribution in [0.15, 0.2) is 18.2 Å². The molecule has 1 N–H and O–H groups in total. The summed E-state index contributed by atoms with van der Waals surface area (Å²) < 4.78 is 0. The Hall–Kier alpha value is -1.84. The SMILES string of the molecule is Cc1ccc2nc(C3CCN(C(=O)CC4CCCCC4)CC3)[nH]c2c1. The Morgan fingerprint density at radius 2 is 1.92 bits per heavy atom. The molecule has 1 saturated carbocycles. The highest BCUT2D eigenvalue weighted by Crippen LogP contribution is 2.30. The number of hydrogen-bond donors (Lipinski definition) is 1. The van der Waals surface area contributed by atoms with E-state index in [2.05, 4.69) is 35.0 Å². The maximum Gasteiger partial charge on any atom is 0.222 e. The predicted octanol–water partition coefficient (Wildman–Crippen LogP) is 4.55. The third kappa shape index (κ3) is 3.73. The number of carbonyl (C=O) groups is 1. The van der Waals surface area contributed by atoms with E-state index in [-0.39, 0.29) is 0 Å². The molecular weight excluding hydrogens is 310 g/mol. The molecule has 0 unspecified atom stereocenters. The highest BCUT2D eigenvalue weighted by Gasteiger charge is 2.27. The lowest BCUT2D eigenvalue weighted by Crippen LogP contribution is -2.39. The molecule has 4 nitrogen and oxygen atoms in total. The van der Waals surface area contributed by atoms with Crippen molar-refractivity contribution in [3.8, 4) is 0 Å². The number of H-pyrrole nitrogens is 1. The van der Waals surface area contributed by atoms with Gasteiger partial charge in [0.05, 0.1) is 11.0 Å². The first-order valence-corrected chi connectivity index (χ1v) is 9.93. The van der Waals surface area contributed by atoms with Gasteiger partial charge in [-0.05, 0) is 56.2 Å². The van der Waals surface area contributed by atoms with Crippen LogP contribution in [0.5, 0.6) is 0 Å². The molecule has 1 aliphatic heterocycles. The first kappa shape index (κ1) is 16.6. The summed E-state index contributed by atoms with van der Waals surface area (Å²) in [6.07, 6.45) is 9.30. The number of benzene rings is 1. The minimum Gasteiger partial charge on any atom is -0.343 e. The molecule has 1 aromatic heterocycles. The summed E-state index contributed by atoms with van der Waals surface area (Å²) in [5.74, 6) is 2.56. The van der Waals surface area contributed by atoms with Crippen molar-refractivity contribution in [3.05, 3.63) is 29.6 Å². The Balaban J connectivity index is 1.34. The first-order chi connectivity index (χ1) is 12.2. The average molecular weight is 339 g/mol. The maximum absolute atomic E-state index is 12.6. The third-order valence-electron chi connectivity index (χ3n) is 6.08. The van der Waals surface area contributed by atoms with Crippen molar-refractivity contribution < 1.29 is 4.79 Å². The number of rotatable bonds is 3. The minimum atomic E-state index is 0.380. The van der Waals surface area contributed by atoms with Crippen LogP contribution in [0, 0.1) is 12.8 Å². The second kappa shape index (κ2) is 7.19. The number of fused-ring (bicyclic) bond motifs is 1. The molecule has 1 saturated heterocycles. The van der Waals surface area contributed by atoms with Crippen molar-refractivity contribution in [2.75, 3.05) is 13.1 Å². The van der Waals surface area contributed by atoms with Gasteiger partial charge in [0.2, 0.25) is 5.91 Å². The summed E-state index contributed by atoms with van der Waals surface area (Å²) in [6.45, 7) is 3.87. The van der Waals surface area contributed by atoms with Crippen LogP contribution in [0.4, 0.5) is 0 Å². The van der Waals surface area contributed by atoms with Crippen molar-refractivity contribution >= 4 is 16.9 Å². The van der Waals surface area contributed by atoms with Crippen LogP contribution < -0.4 is 0 Å². The standard InChI is InChI=1S/C21H29N3O/c1-15-7-8-18-19(13-15)23-21(22-18)17-9-11-24(12-10-17)20(25)14-16-5-3-2-4-6-16/h7-8,13,16-17H,2-6,9-12,14H2,1H3,(H,22,23). The van der Waals surface area contributed by atoms with Crippen LogP contribution in [0.2, 0.25) is 0 Å². The fraction of sp³-hybridized carbons (Fsp3) is 0.619. The topological polar surface area (TPSA) is 49.0 Å². The van der Waals surface area contributed by atoms with Crippen molar-refractivity contribution in [2.45, 2.75) is 64.2 Å². The molecule has 0 atom stereocenters. The van der Waals surface area contributed by atoms with Crippen molar-refractivity contribution in [1.82, 2.24) is 14.9 Å². The highest BCUT2D eigenvalue weighted by molar-refractivity contribution is 5.77. The van der Waals surface area contributed by atoms with Gasteiger partial charge in [0.15, 0.2) is 0 Å². The highest BCUT2D eigenvalue weighted by atomic mass is 16.2. The number of amides is 1. The van der Waals surface area contributed by atoms with Gasteiger partial charge >= 0.3 is 0 Å². The first-order valence-electron chi connectivity index (χ1n) is 9.93. The van der Waals surface area contributed by atoms with Gasteiger partial charge in [-0.2, -0.15) is 0 Å². The third-order valence-corrected chi connectivity index (χ3v) is 6.08. The minimum absolute atomic E-state index is 0.380. The molecule has 25 heavy (non-hydrogen) atoms. The van der Waals surface area contributed by atoms with Crippen LogP contribution in [-0.2, 0) is 4.79 Å². The summed E-state index contributed by atoms with van der Waals surface area (Å²) in [6, 6.07) is 6.36. The second-order valence-electron chi connectivity index (χ2n) is 8.01. The summed E-state index contributed by atoms with van der Waals surface area (Å²) in [5.41, 5.74) is 3.44. The lowest BCUT2D eigenvalue weighted by molar-refractivity contribution is -0.133. The average Bonchev–Trinajstić information content (AvgIpc) is 3.06. The Morgan fingerprint density at radius 3 is 2.68 bits per heavy atom. The number of piperidine rings is 1. The summed E-state index contributed by atoms with van der Waals surface area (Å²) in [7, 11) is 0. The molecule has 2 fully saturated rings. The molecule has 0 radical (unpaired) electrons. The Bertz CT molecular complexity index is 737. The molecule has 1 aromatic carbocycles. The van der Waals surface area contributed by atoms with E-state index in [1.807, 2.05) is 0 Å². The van der Waals surface area contributed by atoms with Gasteiger partial charge in [-0.3, -0.25) is 4.79 Å². The number of imidazole rings is 1. The molecule has 2 aromatic rings. The van der Waals surface area contributed by atoms with Crippen LogP contribution in [0.25, 0.3) is 11.0 Å². The van der Waals surface area contributed by atoms with E-state index in [1.165, 1.54) is 37.7 Å². The van der Waals surface area contributed by atoms with Gasteiger partial charge < -0.3 is 9.88 Å². The fourth-order valence-corrected chi connectivity index (χ4v) is 4.51. The van der Waals surface area contributed by atoms with Crippen LogP contribution >= 0.6 is 0 Å². The summed E-state index contributed by atoms with van der Waals surface area (Å²) >= 11 is 0. The number of carbonyl (C=O) groups excluding carboxylic acids is 1. The fourth-order valence-electron chi connectivity index (χ4n) is 4.51. The molecule has 1 aliphatic carbocycles. The van der Waals surface area contributed by atoms with E-state index < -0.39 is 0 Å². The van der Waals surface area contributed by atoms with E-state index in [9.17, 15) is 4.79 Å². The van der Waals surface area contributed by atoms with Gasteiger partial charge in [0.1, 0.15) is 5.82 Å². The molecule has 134 valence electrons. The lowest BCUT2D eigenvalue weighted by Gasteiger charge is -2.32. The number of aryl methyl sites for hydroxylation is 1. The van der Waals surface area contributed by atoms with E-state index in [4.69, 9.17) is 4.98 Å². The van der Waals surface area contributed by atoms with E-state index in [0.29, 0.717) is 17.7 Å². The van der Waals surface area contributed by atoms with Gasteiger partial charge in [-0.25, -0.2) is 4.98 Å². The van der Waals surface area contributed by atoms with Crippen molar-refractivity contribution in [2.24, 2.45) is 5.92 Å². The van der Waals surface area contributed by atoms with E-state index >= 15 is 0 Å². The van der Waals surface area contributed by atoms with Gasteiger partial charge in [0, 0.05) is 25.4 Å². The zero-order chi connectivity index (χ0) is 17.2. The van der Waals surface area contributed by atoms with E-state index in [1.54, 1.807) is 0 Å². The quantitative estimate of drug-likeness (QED) is 0.892. The molecule has 2 aliphatic rings. The summed E-state index contributed by atoms with van der Waals surface area (Å²) in [4.78, 5) is 23.0. The monoisotopic (exact) mass is 339 g/mol. The van der Waals surface area contributed by atoms with Gasteiger partial charge in [0.25, 0.3) is 0 Å². The molecular formula is C21H29N3O. The van der Waals surface area contributed by atoms with Gasteiger partial charge in [-0.1, -0.05) is 25.3 Å². The van der Waals surface area contributed by atoms with Crippen molar-refractivity contribution in [3.63, 3.8) is 0 Å². The van der Waals surface area contributed by atoms with Crippen LogP contribution in [0.1, 0.15) is 68.7 Å². The number of likely N-dealkylation sites (tertiary alicyclic amines) is 1. The molecule has 2 heterocycles. The molecule has 1 amide bonds. The zero-order valence-electron chi connectivity index (χ0n) is 15.3. The Kier molecular flexibility index (Phi) is 4.78. The summed E-state index contributed by atoms with van der Waals surface area (Å²) in [5, 5.41) is 0. The lowest BCUT2D eigenvalue weighted by atomic mass is 9.86. The molecule has 0 spiro atoms. The molecule has 0 bridgehead atoms. The predicted molar refractivity (Wildman–Crippen MR) is 101 cm³/mol. The van der Waals surface area contributed by atoms with Crippen LogP contribution in [-0.4, -0.2) is 33.9 Å². The number of aromatic nitrogens is 2. The smallest absolute Gasteiger partial charge is 0.222 e. The maximum atomic E-state index is 12.6. The number of nitrogens with one attached hydrogen (secondary N) is 1. The Morgan fingerprint density at radius 1 is 1.16 bits per heavy atom. The number of aromatic amines is 1. The zero-order valence-corrected chi connectivity index (χ0v) is 15.3. The Labute approximate surface area is 150 Å². The van der Waals surface area contributed by atoms with Crippen LogP contribution in [0.3, 0.4) is 0 Å². The van der Waals surface area contributed by atoms with Gasteiger partial charge in [-0.15, -0.1) is 0 Å². The van der Waals surface area contributed by atoms with Crippen molar-refractivity contribution in [1.29, 1.82) is 0 Å². The second-order valence-corrected chi connectivity index (χ2v) is 8.01. The van der Waals surface area contributed by atoms with E-state index in [0.717, 1.165) is 49.2 Å². The number of hydrogen-bond acceptors (Lipinski definition) is 2. The molecule has 4 rings (SSSR count). The normalized spacial score (nSPS) is 20.3. The number of nitrogens with zero attached hydrogens (tertiary/aromatic N) is 2. The largest absolute Gasteiger partial charge is 0.343 e.